The van der Waals surface area contributed by atoms with Gasteiger partial charge in [-0.05, 0) is 23.3 Å². The van der Waals surface area contributed by atoms with E-state index in [1.54, 1.807) is 50.5 Å². The van der Waals surface area contributed by atoms with E-state index in [0.717, 1.165) is 0 Å². The Labute approximate surface area is 123 Å². The standard InChI is InChI=1S/C17H17F2NO/c1-20(2)17(21)11-14(12-7-3-5-9-15(12)18)13-8-4-6-10-16(13)19/h3-10,14H,11H2,1-2H3. The third-order valence-electron chi connectivity index (χ3n) is 3.44. The van der Waals surface area contributed by atoms with Crippen molar-refractivity contribution in [2.45, 2.75) is 12.3 Å². The van der Waals surface area contributed by atoms with E-state index >= 15 is 0 Å². The topological polar surface area (TPSA) is 20.3 Å². The van der Waals surface area contributed by atoms with Crippen molar-refractivity contribution in [2.24, 2.45) is 0 Å². The van der Waals surface area contributed by atoms with Crippen molar-refractivity contribution in [2.75, 3.05) is 14.1 Å². The number of carbonyl (C=O) groups is 1. The summed E-state index contributed by atoms with van der Waals surface area (Å²) in [6.45, 7) is 0. The summed E-state index contributed by atoms with van der Waals surface area (Å²) < 4.78 is 28.1. The second-order valence-corrected chi connectivity index (χ2v) is 5.09. The van der Waals surface area contributed by atoms with Crippen LogP contribution in [0.25, 0.3) is 0 Å². The van der Waals surface area contributed by atoms with Gasteiger partial charge in [-0.15, -0.1) is 0 Å². The highest BCUT2D eigenvalue weighted by atomic mass is 19.1. The average molecular weight is 289 g/mol. The number of rotatable bonds is 4. The minimum Gasteiger partial charge on any atom is -0.349 e. The van der Waals surface area contributed by atoms with Crippen LogP contribution in [0.2, 0.25) is 0 Å². The first-order valence-corrected chi connectivity index (χ1v) is 6.69. The van der Waals surface area contributed by atoms with Gasteiger partial charge >= 0.3 is 0 Å². The van der Waals surface area contributed by atoms with Gasteiger partial charge in [0.2, 0.25) is 5.91 Å². The van der Waals surface area contributed by atoms with E-state index in [4.69, 9.17) is 0 Å². The first-order chi connectivity index (χ1) is 10.0. The zero-order valence-corrected chi connectivity index (χ0v) is 12.0. The van der Waals surface area contributed by atoms with E-state index in [9.17, 15) is 13.6 Å². The molecule has 0 aliphatic carbocycles. The highest BCUT2D eigenvalue weighted by Gasteiger charge is 2.24. The number of carbonyl (C=O) groups excluding carboxylic acids is 1. The van der Waals surface area contributed by atoms with Crippen molar-refractivity contribution in [3.63, 3.8) is 0 Å². The van der Waals surface area contributed by atoms with Gasteiger partial charge in [0.25, 0.3) is 0 Å². The van der Waals surface area contributed by atoms with Crippen LogP contribution in [0.3, 0.4) is 0 Å². The van der Waals surface area contributed by atoms with Crippen LogP contribution in [-0.2, 0) is 4.79 Å². The van der Waals surface area contributed by atoms with E-state index in [2.05, 4.69) is 0 Å². The Kier molecular flexibility index (Phi) is 4.68. The molecule has 0 saturated heterocycles. The molecular weight excluding hydrogens is 272 g/mol. The number of benzene rings is 2. The van der Waals surface area contributed by atoms with Crippen molar-refractivity contribution in [1.82, 2.24) is 4.90 Å². The molecule has 0 aliphatic rings. The molecular formula is C17H17F2NO. The average Bonchev–Trinajstić information content (AvgIpc) is 2.46. The van der Waals surface area contributed by atoms with Gasteiger partial charge in [-0.25, -0.2) is 8.78 Å². The minimum absolute atomic E-state index is 0.0227. The third-order valence-corrected chi connectivity index (χ3v) is 3.44. The van der Waals surface area contributed by atoms with Crippen molar-refractivity contribution in [3.05, 3.63) is 71.3 Å². The number of amides is 1. The smallest absolute Gasteiger partial charge is 0.223 e. The maximum Gasteiger partial charge on any atom is 0.223 e. The van der Waals surface area contributed by atoms with Crippen LogP contribution in [0, 0.1) is 11.6 Å². The van der Waals surface area contributed by atoms with Gasteiger partial charge in [-0.1, -0.05) is 36.4 Å². The number of nitrogens with zero attached hydrogens (tertiary/aromatic N) is 1. The van der Waals surface area contributed by atoms with E-state index in [0.29, 0.717) is 11.1 Å². The number of halogens is 2. The van der Waals surface area contributed by atoms with Crippen LogP contribution in [0.15, 0.2) is 48.5 Å². The normalized spacial score (nSPS) is 10.7. The predicted octanol–water partition coefficient (Wildman–Crippen LogP) is 3.58. The molecule has 0 fully saturated rings. The Morgan fingerprint density at radius 2 is 1.38 bits per heavy atom. The summed E-state index contributed by atoms with van der Waals surface area (Å²) in [4.78, 5) is 13.4. The molecule has 0 N–H and O–H groups in total. The van der Waals surface area contributed by atoms with Gasteiger partial charge in [0, 0.05) is 26.4 Å². The molecule has 1 amide bonds. The molecule has 0 spiro atoms. The van der Waals surface area contributed by atoms with Gasteiger partial charge in [0.15, 0.2) is 0 Å². The molecule has 0 saturated carbocycles. The lowest BCUT2D eigenvalue weighted by atomic mass is 9.87. The summed E-state index contributed by atoms with van der Waals surface area (Å²) in [6.07, 6.45) is 0.0227. The maximum atomic E-state index is 14.1. The van der Waals surface area contributed by atoms with E-state index in [1.807, 2.05) is 0 Å². The molecule has 21 heavy (non-hydrogen) atoms. The molecule has 0 aromatic heterocycles. The van der Waals surface area contributed by atoms with Gasteiger partial charge in [0.05, 0.1) is 0 Å². The molecule has 0 unspecified atom stereocenters. The molecule has 0 heterocycles. The highest BCUT2D eigenvalue weighted by Crippen LogP contribution is 2.31. The summed E-state index contributed by atoms with van der Waals surface area (Å²) >= 11 is 0. The zero-order valence-electron chi connectivity index (χ0n) is 12.0. The molecule has 0 atom stereocenters. The van der Waals surface area contributed by atoms with Gasteiger partial charge in [0.1, 0.15) is 11.6 Å². The highest BCUT2D eigenvalue weighted by molar-refractivity contribution is 5.77. The Balaban J connectivity index is 2.48. The first-order valence-electron chi connectivity index (χ1n) is 6.69. The Morgan fingerprint density at radius 3 is 1.76 bits per heavy atom. The second-order valence-electron chi connectivity index (χ2n) is 5.09. The predicted molar refractivity (Wildman–Crippen MR) is 78.0 cm³/mol. The lowest BCUT2D eigenvalue weighted by Crippen LogP contribution is -2.24. The molecule has 0 bridgehead atoms. The van der Waals surface area contributed by atoms with Crippen LogP contribution < -0.4 is 0 Å². The van der Waals surface area contributed by atoms with Crippen LogP contribution in [0.5, 0.6) is 0 Å². The molecule has 0 radical (unpaired) electrons. The Hall–Kier alpha value is -2.23. The van der Waals surface area contributed by atoms with Crippen LogP contribution in [0.4, 0.5) is 8.78 Å². The fraction of sp³-hybridized carbons (Fsp3) is 0.235. The van der Waals surface area contributed by atoms with Crippen LogP contribution in [0.1, 0.15) is 23.5 Å². The summed E-state index contributed by atoms with van der Waals surface area (Å²) in [6, 6.07) is 12.4. The SMILES string of the molecule is CN(C)C(=O)CC(c1ccccc1F)c1ccccc1F. The fourth-order valence-corrected chi connectivity index (χ4v) is 2.26. The van der Waals surface area contributed by atoms with Gasteiger partial charge in [-0.3, -0.25) is 4.79 Å². The van der Waals surface area contributed by atoms with Crippen LogP contribution >= 0.6 is 0 Å². The maximum absolute atomic E-state index is 14.1. The van der Waals surface area contributed by atoms with E-state index < -0.39 is 17.6 Å². The van der Waals surface area contributed by atoms with Gasteiger partial charge in [-0.2, -0.15) is 0 Å². The fourth-order valence-electron chi connectivity index (χ4n) is 2.26. The monoisotopic (exact) mass is 289 g/mol. The minimum atomic E-state index is -0.637. The molecule has 2 rings (SSSR count). The molecule has 0 aliphatic heterocycles. The molecule has 2 nitrogen and oxygen atoms in total. The summed E-state index contributed by atoms with van der Waals surface area (Å²) in [7, 11) is 3.25. The third kappa shape index (κ3) is 3.45. The Morgan fingerprint density at radius 1 is 0.952 bits per heavy atom. The molecule has 110 valence electrons. The van der Waals surface area contributed by atoms with E-state index in [1.165, 1.54) is 17.0 Å². The summed E-state index contributed by atoms with van der Waals surface area (Å²) in [5.74, 6) is -1.68. The van der Waals surface area contributed by atoms with Crippen molar-refractivity contribution in [3.8, 4) is 0 Å². The summed E-state index contributed by atoms with van der Waals surface area (Å²) in [5.41, 5.74) is 0.663. The number of hydrogen-bond acceptors (Lipinski definition) is 1. The number of hydrogen-bond donors (Lipinski definition) is 0. The van der Waals surface area contributed by atoms with E-state index in [-0.39, 0.29) is 12.3 Å². The zero-order chi connectivity index (χ0) is 15.4. The molecule has 2 aromatic carbocycles. The Bertz CT molecular complexity index is 595. The first kappa shape index (κ1) is 15.2. The van der Waals surface area contributed by atoms with Crippen molar-refractivity contribution < 1.29 is 13.6 Å². The van der Waals surface area contributed by atoms with Gasteiger partial charge < -0.3 is 4.90 Å². The lowest BCUT2D eigenvalue weighted by Gasteiger charge is -2.21. The largest absolute Gasteiger partial charge is 0.349 e. The summed E-state index contributed by atoms with van der Waals surface area (Å²) in [5, 5.41) is 0. The molecule has 2 aromatic rings. The second kappa shape index (κ2) is 6.48. The lowest BCUT2D eigenvalue weighted by molar-refractivity contribution is -0.128. The molecule has 4 heteroatoms. The van der Waals surface area contributed by atoms with Crippen molar-refractivity contribution in [1.29, 1.82) is 0 Å². The van der Waals surface area contributed by atoms with Crippen molar-refractivity contribution >= 4 is 5.91 Å². The van der Waals surface area contributed by atoms with Crippen LogP contribution in [-0.4, -0.2) is 24.9 Å². The quantitative estimate of drug-likeness (QED) is 0.842.